The highest BCUT2D eigenvalue weighted by molar-refractivity contribution is 6.04. The number of pyridine rings is 2. The van der Waals surface area contributed by atoms with Crippen molar-refractivity contribution in [3.8, 4) is 17.0 Å². The average Bonchev–Trinajstić information content (AvgIpc) is 3.38. The van der Waals surface area contributed by atoms with E-state index in [1.54, 1.807) is 13.3 Å². The fraction of sp³-hybridized carbons (Fsp3) is 0.318. The summed E-state index contributed by atoms with van der Waals surface area (Å²) < 4.78 is 12.9. The minimum absolute atomic E-state index is 0. The topological polar surface area (TPSA) is 82.0 Å². The highest BCUT2D eigenvalue weighted by Crippen LogP contribution is 2.34. The fourth-order valence-electron chi connectivity index (χ4n) is 4.36. The predicted molar refractivity (Wildman–Crippen MR) is 119 cm³/mol. The van der Waals surface area contributed by atoms with Gasteiger partial charge in [-0.25, -0.2) is 4.98 Å². The Labute approximate surface area is 179 Å². The summed E-state index contributed by atoms with van der Waals surface area (Å²) in [6.45, 7) is 5.37. The van der Waals surface area contributed by atoms with Gasteiger partial charge in [0.2, 0.25) is 5.88 Å². The molecular weight excluding hydrogens is 404 g/mol. The van der Waals surface area contributed by atoms with Crippen molar-refractivity contribution in [2.24, 2.45) is 0 Å². The van der Waals surface area contributed by atoms with Gasteiger partial charge in [0.25, 0.3) is 5.56 Å². The molecule has 0 amide bonds. The number of hydrogen-bond donors (Lipinski definition) is 1. The fourth-order valence-corrected chi connectivity index (χ4v) is 4.36. The third-order valence-electron chi connectivity index (χ3n) is 5.76. The van der Waals surface area contributed by atoms with Crippen LogP contribution >= 0.6 is 12.4 Å². The Bertz CT molecular complexity index is 1310. The molecule has 0 bridgehead atoms. The lowest BCUT2D eigenvalue weighted by Crippen LogP contribution is -2.12. The van der Waals surface area contributed by atoms with Crippen LogP contribution in [0.15, 0.2) is 35.4 Å². The first kappa shape index (κ1) is 20.4. The Balaban J connectivity index is 0.00000218. The summed E-state index contributed by atoms with van der Waals surface area (Å²) in [5, 5.41) is 6.09. The summed E-state index contributed by atoms with van der Waals surface area (Å²) in [7, 11) is 1.62. The van der Waals surface area contributed by atoms with Gasteiger partial charge in [-0.05, 0) is 43.0 Å². The number of methoxy groups -OCH3 is 1. The summed E-state index contributed by atoms with van der Waals surface area (Å²) in [4.78, 5) is 20.1. The molecule has 1 fully saturated rings. The molecule has 3 aromatic heterocycles. The number of aryl methyl sites for hydroxylation is 1. The standard InChI is InChI=1S/C22H22N4O3.ClH/c1-12-9-23-22(28-3)13(2)19(12)14-4-5-16-18(8-14)25-21(27)17-10-24-26(20(16)17)15-6-7-29-11-15;/h4-5,8-10,15H,6-7,11H2,1-3H3,(H,25,27);1H. The van der Waals surface area contributed by atoms with E-state index in [1.165, 1.54) is 0 Å². The van der Waals surface area contributed by atoms with Crippen LogP contribution in [-0.2, 0) is 4.74 Å². The van der Waals surface area contributed by atoms with Crippen LogP contribution in [0.25, 0.3) is 32.9 Å². The Morgan fingerprint density at radius 1 is 1.23 bits per heavy atom. The van der Waals surface area contributed by atoms with E-state index in [0.29, 0.717) is 17.9 Å². The van der Waals surface area contributed by atoms with E-state index < -0.39 is 0 Å². The second-order valence-corrected chi connectivity index (χ2v) is 7.53. The zero-order valence-corrected chi connectivity index (χ0v) is 17.9. The molecule has 1 aliphatic rings. The van der Waals surface area contributed by atoms with Gasteiger partial charge in [0.05, 0.1) is 42.4 Å². The van der Waals surface area contributed by atoms with Crippen molar-refractivity contribution in [1.29, 1.82) is 0 Å². The van der Waals surface area contributed by atoms with E-state index in [0.717, 1.165) is 51.7 Å². The largest absolute Gasteiger partial charge is 0.481 e. The lowest BCUT2D eigenvalue weighted by atomic mass is 9.96. The number of aromatic amines is 1. The second kappa shape index (κ2) is 7.74. The van der Waals surface area contributed by atoms with Gasteiger partial charge in [-0.15, -0.1) is 12.4 Å². The second-order valence-electron chi connectivity index (χ2n) is 7.53. The van der Waals surface area contributed by atoms with Crippen LogP contribution in [0.5, 0.6) is 5.88 Å². The number of aromatic nitrogens is 4. The minimum atomic E-state index is -0.129. The first-order valence-corrected chi connectivity index (χ1v) is 9.70. The Morgan fingerprint density at radius 2 is 2.07 bits per heavy atom. The molecule has 8 heteroatoms. The molecule has 30 heavy (non-hydrogen) atoms. The molecule has 4 heterocycles. The molecule has 1 atom stereocenters. The number of halogens is 1. The number of H-pyrrole nitrogens is 1. The lowest BCUT2D eigenvalue weighted by Gasteiger charge is -2.14. The molecule has 1 unspecified atom stereocenters. The average molecular weight is 427 g/mol. The zero-order chi connectivity index (χ0) is 20.1. The quantitative estimate of drug-likeness (QED) is 0.536. The van der Waals surface area contributed by atoms with E-state index in [2.05, 4.69) is 27.2 Å². The molecule has 1 aliphatic heterocycles. The smallest absolute Gasteiger partial charge is 0.259 e. The van der Waals surface area contributed by atoms with Gasteiger partial charge in [0.1, 0.15) is 0 Å². The molecule has 0 spiro atoms. The highest BCUT2D eigenvalue weighted by atomic mass is 35.5. The molecule has 0 aliphatic carbocycles. The maximum absolute atomic E-state index is 12.7. The molecule has 0 saturated carbocycles. The number of ether oxygens (including phenoxy) is 2. The van der Waals surface area contributed by atoms with Crippen LogP contribution in [-0.4, -0.2) is 40.1 Å². The van der Waals surface area contributed by atoms with Gasteiger partial charge in [0, 0.05) is 23.8 Å². The van der Waals surface area contributed by atoms with Crippen molar-refractivity contribution in [1.82, 2.24) is 19.7 Å². The summed E-state index contributed by atoms with van der Waals surface area (Å²) in [6.07, 6.45) is 4.37. The van der Waals surface area contributed by atoms with Crippen molar-refractivity contribution in [2.45, 2.75) is 26.3 Å². The third-order valence-corrected chi connectivity index (χ3v) is 5.76. The number of fused-ring (bicyclic) bond motifs is 3. The van der Waals surface area contributed by atoms with Gasteiger partial charge in [-0.1, -0.05) is 12.1 Å². The van der Waals surface area contributed by atoms with E-state index >= 15 is 0 Å². The molecule has 1 saturated heterocycles. The number of hydrogen-bond acceptors (Lipinski definition) is 5. The number of benzene rings is 1. The summed E-state index contributed by atoms with van der Waals surface area (Å²) in [5.41, 5.74) is 5.64. The van der Waals surface area contributed by atoms with Gasteiger partial charge in [0.15, 0.2) is 0 Å². The minimum Gasteiger partial charge on any atom is -0.481 e. The van der Waals surface area contributed by atoms with Crippen LogP contribution in [0.2, 0.25) is 0 Å². The third kappa shape index (κ3) is 3.05. The van der Waals surface area contributed by atoms with E-state index in [1.807, 2.05) is 30.8 Å². The number of rotatable bonds is 3. The predicted octanol–water partition coefficient (Wildman–Crippen LogP) is 3.95. The molecular formula is C22H23ClN4O3. The maximum atomic E-state index is 12.7. The van der Waals surface area contributed by atoms with Crippen LogP contribution in [0.3, 0.4) is 0 Å². The monoisotopic (exact) mass is 426 g/mol. The zero-order valence-electron chi connectivity index (χ0n) is 17.1. The molecule has 4 aromatic rings. The first-order chi connectivity index (χ1) is 14.1. The van der Waals surface area contributed by atoms with E-state index in [-0.39, 0.29) is 24.0 Å². The molecule has 156 valence electrons. The van der Waals surface area contributed by atoms with Crippen molar-refractivity contribution < 1.29 is 9.47 Å². The highest BCUT2D eigenvalue weighted by Gasteiger charge is 2.22. The summed E-state index contributed by atoms with van der Waals surface area (Å²) >= 11 is 0. The summed E-state index contributed by atoms with van der Waals surface area (Å²) in [6, 6.07) is 6.32. The Morgan fingerprint density at radius 3 is 2.80 bits per heavy atom. The van der Waals surface area contributed by atoms with E-state index in [9.17, 15) is 4.79 Å². The van der Waals surface area contributed by atoms with Crippen LogP contribution in [0.4, 0.5) is 0 Å². The van der Waals surface area contributed by atoms with Crippen LogP contribution in [0.1, 0.15) is 23.6 Å². The van der Waals surface area contributed by atoms with Gasteiger partial charge in [-0.3, -0.25) is 9.48 Å². The number of nitrogens with one attached hydrogen (secondary N) is 1. The molecule has 1 aromatic carbocycles. The number of nitrogens with zero attached hydrogens (tertiary/aromatic N) is 3. The normalized spacial score (nSPS) is 16.2. The van der Waals surface area contributed by atoms with Crippen molar-refractivity contribution >= 4 is 34.2 Å². The van der Waals surface area contributed by atoms with Gasteiger partial charge >= 0.3 is 0 Å². The van der Waals surface area contributed by atoms with Gasteiger partial charge in [-0.2, -0.15) is 5.10 Å². The molecule has 5 rings (SSSR count). The van der Waals surface area contributed by atoms with Crippen LogP contribution < -0.4 is 10.3 Å². The summed E-state index contributed by atoms with van der Waals surface area (Å²) in [5.74, 6) is 0.606. The van der Waals surface area contributed by atoms with Crippen molar-refractivity contribution in [2.75, 3.05) is 20.3 Å². The van der Waals surface area contributed by atoms with E-state index in [4.69, 9.17) is 9.47 Å². The molecule has 0 radical (unpaired) electrons. The first-order valence-electron chi connectivity index (χ1n) is 9.70. The van der Waals surface area contributed by atoms with Gasteiger partial charge < -0.3 is 14.5 Å². The molecule has 1 N–H and O–H groups in total. The Kier molecular flexibility index (Phi) is 5.26. The SMILES string of the molecule is COc1ncc(C)c(-c2ccc3c(c2)[nH]c(=O)c2cnn(C4CCOC4)c23)c1C.Cl. The van der Waals surface area contributed by atoms with Crippen molar-refractivity contribution in [3.05, 3.63) is 52.1 Å². The van der Waals surface area contributed by atoms with Crippen molar-refractivity contribution in [3.63, 3.8) is 0 Å². The maximum Gasteiger partial charge on any atom is 0.259 e. The lowest BCUT2D eigenvalue weighted by molar-refractivity contribution is 0.185. The van der Waals surface area contributed by atoms with Crippen LogP contribution in [0, 0.1) is 13.8 Å². The Hall–Kier alpha value is -2.90. The molecule has 7 nitrogen and oxygen atoms in total.